The summed E-state index contributed by atoms with van der Waals surface area (Å²) >= 11 is 14.3. The van der Waals surface area contributed by atoms with Gasteiger partial charge in [-0.15, -0.1) is 0 Å². The number of hydrogen-bond acceptors (Lipinski definition) is 1. The highest BCUT2D eigenvalue weighted by Gasteiger charge is 2.06. The predicted molar refractivity (Wildman–Crippen MR) is 73.2 cm³/mol. The zero-order valence-corrected chi connectivity index (χ0v) is 11.5. The summed E-state index contributed by atoms with van der Waals surface area (Å²) in [6.45, 7) is 0. The molecule has 0 spiro atoms. The van der Waals surface area contributed by atoms with Crippen molar-refractivity contribution in [2.75, 3.05) is 7.11 Å². The standard InChI is InChI=1S/C11H7Cl2IO/c1-15-11-5-8-6(3-10(11)14)2-7(12)4-9(8)13/h2-5H,1H3. The first-order chi connectivity index (χ1) is 7.11. The second kappa shape index (κ2) is 4.36. The molecule has 4 heteroatoms. The average Bonchev–Trinajstić information content (AvgIpc) is 2.16. The van der Waals surface area contributed by atoms with Crippen molar-refractivity contribution in [3.8, 4) is 5.75 Å². The summed E-state index contributed by atoms with van der Waals surface area (Å²) in [6.07, 6.45) is 0. The van der Waals surface area contributed by atoms with E-state index in [1.165, 1.54) is 0 Å². The van der Waals surface area contributed by atoms with Gasteiger partial charge in [-0.25, -0.2) is 0 Å². The lowest BCUT2D eigenvalue weighted by Gasteiger charge is -2.07. The molecule has 0 fully saturated rings. The van der Waals surface area contributed by atoms with Crippen LogP contribution in [-0.2, 0) is 0 Å². The Morgan fingerprint density at radius 3 is 2.53 bits per heavy atom. The molecule has 2 aromatic carbocycles. The van der Waals surface area contributed by atoms with Gasteiger partial charge in [0, 0.05) is 10.4 Å². The smallest absolute Gasteiger partial charge is 0.132 e. The van der Waals surface area contributed by atoms with Crippen molar-refractivity contribution >= 4 is 56.6 Å². The summed E-state index contributed by atoms with van der Waals surface area (Å²) in [5.74, 6) is 0.826. The highest BCUT2D eigenvalue weighted by Crippen LogP contribution is 2.33. The monoisotopic (exact) mass is 352 g/mol. The Labute approximate surface area is 111 Å². The number of rotatable bonds is 1. The lowest BCUT2D eigenvalue weighted by atomic mass is 10.1. The van der Waals surface area contributed by atoms with E-state index >= 15 is 0 Å². The summed E-state index contributed by atoms with van der Waals surface area (Å²) in [6, 6.07) is 7.56. The van der Waals surface area contributed by atoms with Gasteiger partial charge in [0.2, 0.25) is 0 Å². The first-order valence-electron chi connectivity index (χ1n) is 4.24. The van der Waals surface area contributed by atoms with Crippen LogP contribution in [0, 0.1) is 3.57 Å². The molecule has 0 bridgehead atoms. The largest absolute Gasteiger partial charge is 0.496 e. The Hall–Kier alpha value is -0.190. The topological polar surface area (TPSA) is 9.23 Å². The Bertz CT molecular complexity index is 525. The summed E-state index contributed by atoms with van der Waals surface area (Å²) in [5, 5.41) is 3.27. The fourth-order valence-corrected chi connectivity index (χ4v) is 2.72. The van der Waals surface area contributed by atoms with E-state index in [0.717, 1.165) is 20.1 Å². The highest BCUT2D eigenvalue weighted by atomic mass is 127. The van der Waals surface area contributed by atoms with Gasteiger partial charge in [-0.2, -0.15) is 0 Å². The number of fused-ring (bicyclic) bond motifs is 1. The minimum Gasteiger partial charge on any atom is -0.496 e. The highest BCUT2D eigenvalue weighted by molar-refractivity contribution is 14.1. The molecule has 0 saturated carbocycles. The molecule has 0 heterocycles. The van der Waals surface area contributed by atoms with Gasteiger partial charge >= 0.3 is 0 Å². The van der Waals surface area contributed by atoms with Crippen LogP contribution in [-0.4, -0.2) is 7.11 Å². The van der Waals surface area contributed by atoms with Crippen molar-refractivity contribution < 1.29 is 4.74 Å². The Morgan fingerprint density at radius 2 is 1.87 bits per heavy atom. The van der Waals surface area contributed by atoms with Crippen LogP contribution in [0.4, 0.5) is 0 Å². The molecule has 78 valence electrons. The van der Waals surface area contributed by atoms with Crippen molar-refractivity contribution in [2.24, 2.45) is 0 Å². The van der Waals surface area contributed by atoms with E-state index in [1.54, 1.807) is 13.2 Å². The van der Waals surface area contributed by atoms with E-state index in [9.17, 15) is 0 Å². The van der Waals surface area contributed by atoms with Crippen molar-refractivity contribution in [3.05, 3.63) is 37.9 Å². The third kappa shape index (κ3) is 2.17. The summed E-state index contributed by atoms with van der Waals surface area (Å²) in [5.41, 5.74) is 0. The lowest BCUT2D eigenvalue weighted by Crippen LogP contribution is -1.87. The van der Waals surface area contributed by atoms with Crippen LogP contribution in [0.2, 0.25) is 10.0 Å². The van der Waals surface area contributed by atoms with E-state index in [0.29, 0.717) is 10.0 Å². The normalized spacial score (nSPS) is 10.7. The molecule has 0 aromatic heterocycles. The molecular weight excluding hydrogens is 346 g/mol. The second-order valence-electron chi connectivity index (χ2n) is 3.10. The van der Waals surface area contributed by atoms with Gasteiger partial charge in [0.05, 0.1) is 15.7 Å². The van der Waals surface area contributed by atoms with E-state index in [1.807, 2.05) is 18.2 Å². The van der Waals surface area contributed by atoms with Gasteiger partial charge in [0.1, 0.15) is 5.75 Å². The molecule has 0 N–H and O–H groups in total. The lowest BCUT2D eigenvalue weighted by molar-refractivity contribution is 0.412. The van der Waals surface area contributed by atoms with Crippen molar-refractivity contribution in [1.29, 1.82) is 0 Å². The average molecular weight is 353 g/mol. The van der Waals surface area contributed by atoms with Gasteiger partial charge in [0.25, 0.3) is 0 Å². The van der Waals surface area contributed by atoms with Gasteiger partial charge in [-0.1, -0.05) is 23.2 Å². The van der Waals surface area contributed by atoms with Gasteiger partial charge in [0.15, 0.2) is 0 Å². The maximum Gasteiger partial charge on any atom is 0.132 e. The van der Waals surface area contributed by atoms with Gasteiger partial charge in [-0.05, 0) is 52.2 Å². The SMILES string of the molecule is COc1cc2c(Cl)cc(Cl)cc2cc1I. The second-order valence-corrected chi connectivity index (χ2v) is 5.10. The number of benzene rings is 2. The van der Waals surface area contributed by atoms with Crippen LogP contribution in [0.25, 0.3) is 10.8 Å². The summed E-state index contributed by atoms with van der Waals surface area (Å²) in [7, 11) is 1.65. The number of methoxy groups -OCH3 is 1. The maximum atomic E-state index is 6.10. The molecule has 0 saturated heterocycles. The zero-order chi connectivity index (χ0) is 11.0. The van der Waals surface area contributed by atoms with Gasteiger partial charge < -0.3 is 4.74 Å². The molecule has 1 nitrogen and oxygen atoms in total. The van der Waals surface area contributed by atoms with Crippen LogP contribution in [0.15, 0.2) is 24.3 Å². The van der Waals surface area contributed by atoms with Crippen LogP contribution in [0.1, 0.15) is 0 Å². The Balaban J connectivity index is 2.81. The number of hydrogen-bond donors (Lipinski definition) is 0. The van der Waals surface area contributed by atoms with Crippen LogP contribution < -0.4 is 4.74 Å². The van der Waals surface area contributed by atoms with E-state index in [2.05, 4.69) is 22.6 Å². The molecule has 2 aromatic rings. The maximum absolute atomic E-state index is 6.10. The molecule has 0 aliphatic heterocycles. The van der Waals surface area contributed by atoms with E-state index in [4.69, 9.17) is 27.9 Å². The van der Waals surface area contributed by atoms with Crippen LogP contribution in [0.3, 0.4) is 0 Å². The van der Waals surface area contributed by atoms with Crippen molar-refractivity contribution in [3.63, 3.8) is 0 Å². The first-order valence-corrected chi connectivity index (χ1v) is 6.07. The first kappa shape index (κ1) is 11.3. The quantitative estimate of drug-likeness (QED) is 0.672. The van der Waals surface area contributed by atoms with Crippen LogP contribution in [0.5, 0.6) is 5.75 Å². The molecule has 0 amide bonds. The van der Waals surface area contributed by atoms with E-state index < -0.39 is 0 Å². The molecule has 0 radical (unpaired) electrons. The minimum atomic E-state index is 0.646. The number of ether oxygens (including phenoxy) is 1. The minimum absolute atomic E-state index is 0.646. The summed E-state index contributed by atoms with van der Waals surface area (Å²) < 4.78 is 6.28. The zero-order valence-electron chi connectivity index (χ0n) is 7.85. The molecular formula is C11H7Cl2IO. The van der Waals surface area contributed by atoms with Gasteiger partial charge in [-0.3, -0.25) is 0 Å². The number of halogens is 3. The predicted octanol–water partition coefficient (Wildman–Crippen LogP) is 4.76. The molecule has 15 heavy (non-hydrogen) atoms. The molecule has 2 rings (SSSR count). The summed E-state index contributed by atoms with van der Waals surface area (Å²) in [4.78, 5) is 0. The third-order valence-corrected chi connectivity index (χ3v) is 3.51. The Kier molecular flexibility index (Phi) is 3.28. The van der Waals surface area contributed by atoms with Crippen LogP contribution >= 0.6 is 45.8 Å². The van der Waals surface area contributed by atoms with Crippen molar-refractivity contribution in [1.82, 2.24) is 0 Å². The molecule has 0 aliphatic carbocycles. The fraction of sp³-hybridized carbons (Fsp3) is 0.0909. The molecule has 0 unspecified atom stereocenters. The Morgan fingerprint density at radius 1 is 1.13 bits per heavy atom. The fourth-order valence-electron chi connectivity index (χ4n) is 1.44. The third-order valence-electron chi connectivity index (χ3n) is 2.14. The molecule has 0 atom stereocenters. The van der Waals surface area contributed by atoms with E-state index in [-0.39, 0.29) is 0 Å². The van der Waals surface area contributed by atoms with Crippen molar-refractivity contribution in [2.45, 2.75) is 0 Å². The molecule has 0 aliphatic rings.